The molecule has 0 N–H and O–H groups in total. The summed E-state index contributed by atoms with van der Waals surface area (Å²) in [5, 5.41) is 0.611. The zero-order valence-corrected chi connectivity index (χ0v) is 13.7. The van der Waals surface area contributed by atoms with Gasteiger partial charge in [-0.15, -0.1) is 0 Å². The standard InChI is InChI=1S/C13H16BrNO5S/c14-8-10-9-15(3-4-18-10)21(16,17)11-1-2-12-13(7-11)20-6-5-19-12/h1-2,7,10H,3-6,8-9H2. The first-order valence-electron chi connectivity index (χ1n) is 6.68. The Labute approximate surface area is 132 Å². The van der Waals surface area contributed by atoms with Crippen molar-refractivity contribution in [3.63, 3.8) is 0 Å². The maximum Gasteiger partial charge on any atom is 0.243 e. The maximum atomic E-state index is 12.7. The van der Waals surface area contributed by atoms with Crippen LogP contribution in [0.5, 0.6) is 11.5 Å². The van der Waals surface area contributed by atoms with E-state index in [1.54, 1.807) is 12.1 Å². The number of hydrogen-bond acceptors (Lipinski definition) is 5. The van der Waals surface area contributed by atoms with Gasteiger partial charge in [0.25, 0.3) is 0 Å². The van der Waals surface area contributed by atoms with Gasteiger partial charge < -0.3 is 14.2 Å². The van der Waals surface area contributed by atoms with Crippen LogP contribution in [0.4, 0.5) is 0 Å². The van der Waals surface area contributed by atoms with E-state index in [0.29, 0.717) is 49.7 Å². The largest absolute Gasteiger partial charge is 0.486 e. The molecule has 1 unspecified atom stereocenters. The molecule has 0 spiro atoms. The minimum absolute atomic E-state index is 0.120. The van der Waals surface area contributed by atoms with Gasteiger partial charge in [0.1, 0.15) is 13.2 Å². The Balaban J connectivity index is 1.87. The molecule has 0 radical (unpaired) electrons. The molecule has 0 saturated carbocycles. The molecule has 8 heteroatoms. The summed E-state index contributed by atoms with van der Waals surface area (Å²) in [5.41, 5.74) is 0. The molecule has 1 fully saturated rings. The van der Waals surface area contributed by atoms with Crippen molar-refractivity contribution in [3.8, 4) is 11.5 Å². The van der Waals surface area contributed by atoms with Gasteiger partial charge in [-0.1, -0.05) is 15.9 Å². The Bertz CT molecular complexity index is 621. The third-order valence-electron chi connectivity index (χ3n) is 3.43. The number of fused-ring (bicyclic) bond motifs is 1. The number of morpholine rings is 1. The molecule has 2 aliphatic rings. The number of sulfonamides is 1. The van der Waals surface area contributed by atoms with Gasteiger partial charge >= 0.3 is 0 Å². The summed E-state index contributed by atoms with van der Waals surface area (Å²) in [6.45, 7) is 2.03. The summed E-state index contributed by atoms with van der Waals surface area (Å²) in [6, 6.07) is 4.73. The average Bonchev–Trinajstić information content (AvgIpc) is 2.54. The van der Waals surface area contributed by atoms with E-state index in [1.165, 1.54) is 10.4 Å². The quantitative estimate of drug-likeness (QED) is 0.741. The van der Waals surface area contributed by atoms with Gasteiger partial charge in [-0.2, -0.15) is 4.31 Å². The summed E-state index contributed by atoms with van der Waals surface area (Å²) < 4.78 is 43.2. The van der Waals surface area contributed by atoms with Gasteiger partial charge in [0.15, 0.2) is 11.5 Å². The van der Waals surface area contributed by atoms with E-state index >= 15 is 0 Å². The molecule has 0 aliphatic carbocycles. The highest BCUT2D eigenvalue weighted by atomic mass is 79.9. The molecule has 2 aliphatic heterocycles. The van der Waals surface area contributed by atoms with Crippen LogP contribution in [0.1, 0.15) is 0 Å². The molecule has 1 atom stereocenters. The first kappa shape index (κ1) is 15.1. The molecule has 1 saturated heterocycles. The van der Waals surface area contributed by atoms with Gasteiger partial charge in [0.05, 0.1) is 17.6 Å². The first-order valence-corrected chi connectivity index (χ1v) is 9.25. The number of benzene rings is 1. The van der Waals surface area contributed by atoms with Crippen molar-refractivity contribution in [2.45, 2.75) is 11.0 Å². The van der Waals surface area contributed by atoms with Crippen LogP contribution < -0.4 is 9.47 Å². The zero-order chi connectivity index (χ0) is 14.9. The predicted molar refractivity (Wildman–Crippen MR) is 79.7 cm³/mol. The lowest BCUT2D eigenvalue weighted by Gasteiger charge is -2.31. The lowest BCUT2D eigenvalue weighted by atomic mass is 10.3. The number of halogens is 1. The van der Waals surface area contributed by atoms with Crippen LogP contribution in [-0.2, 0) is 14.8 Å². The number of hydrogen-bond donors (Lipinski definition) is 0. The molecule has 6 nitrogen and oxygen atoms in total. The Morgan fingerprint density at radius 1 is 1.19 bits per heavy atom. The SMILES string of the molecule is O=S(=O)(c1ccc2c(c1)OCCO2)N1CCOC(CBr)C1. The first-order chi connectivity index (χ1) is 10.1. The van der Waals surface area contributed by atoms with Gasteiger partial charge in [0.2, 0.25) is 10.0 Å². The molecule has 1 aromatic rings. The summed E-state index contributed by atoms with van der Waals surface area (Å²) in [5.74, 6) is 1.06. The highest BCUT2D eigenvalue weighted by Crippen LogP contribution is 2.33. The van der Waals surface area contributed by atoms with E-state index < -0.39 is 10.0 Å². The van der Waals surface area contributed by atoms with Crippen LogP contribution in [0.25, 0.3) is 0 Å². The van der Waals surface area contributed by atoms with Crippen molar-refractivity contribution < 1.29 is 22.6 Å². The Hall–Kier alpha value is -0.830. The van der Waals surface area contributed by atoms with E-state index in [2.05, 4.69) is 15.9 Å². The molecule has 0 bridgehead atoms. The summed E-state index contributed by atoms with van der Waals surface area (Å²) in [7, 11) is -3.54. The predicted octanol–water partition coefficient (Wildman–Crippen LogP) is 1.24. The second-order valence-electron chi connectivity index (χ2n) is 4.82. The van der Waals surface area contributed by atoms with Crippen molar-refractivity contribution in [1.82, 2.24) is 4.31 Å². The minimum Gasteiger partial charge on any atom is -0.486 e. The summed E-state index contributed by atoms with van der Waals surface area (Å²) in [4.78, 5) is 0.224. The number of ether oxygens (including phenoxy) is 3. The third-order valence-corrected chi connectivity index (χ3v) is 6.01. The van der Waals surface area contributed by atoms with Crippen molar-refractivity contribution in [2.75, 3.05) is 38.2 Å². The molecular weight excluding hydrogens is 362 g/mol. The molecule has 0 amide bonds. The molecule has 1 aromatic carbocycles. The van der Waals surface area contributed by atoms with E-state index in [1.807, 2.05) is 0 Å². The fourth-order valence-corrected chi connectivity index (χ4v) is 4.20. The van der Waals surface area contributed by atoms with Crippen LogP contribution in [0.3, 0.4) is 0 Å². The van der Waals surface area contributed by atoms with E-state index in [9.17, 15) is 8.42 Å². The zero-order valence-electron chi connectivity index (χ0n) is 11.3. The molecule has 2 heterocycles. The van der Waals surface area contributed by atoms with Gasteiger partial charge in [-0.3, -0.25) is 0 Å². The molecule has 0 aromatic heterocycles. The fraction of sp³-hybridized carbons (Fsp3) is 0.538. The van der Waals surface area contributed by atoms with Gasteiger partial charge in [0, 0.05) is 24.5 Å². The summed E-state index contributed by atoms with van der Waals surface area (Å²) >= 11 is 3.33. The van der Waals surface area contributed by atoms with Gasteiger partial charge in [-0.05, 0) is 12.1 Å². The molecular formula is C13H16BrNO5S. The van der Waals surface area contributed by atoms with Gasteiger partial charge in [-0.25, -0.2) is 8.42 Å². The molecule has 116 valence electrons. The van der Waals surface area contributed by atoms with Crippen molar-refractivity contribution in [1.29, 1.82) is 0 Å². The highest BCUT2D eigenvalue weighted by Gasteiger charge is 2.31. The van der Waals surface area contributed by atoms with Crippen molar-refractivity contribution >= 4 is 26.0 Å². The molecule has 3 rings (SSSR count). The normalized spacial score (nSPS) is 23.0. The average molecular weight is 378 g/mol. The van der Waals surface area contributed by atoms with Crippen molar-refractivity contribution in [2.24, 2.45) is 0 Å². The minimum atomic E-state index is -3.54. The topological polar surface area (TPSA) is 65.1 Å². The second-order valence-corrected chi connectivity index (χ2v) is 7.40. The van der Waals surface area contributed by atoms with Crippen LogP contribution in [-0.4, -0.2) is 57.1 Å². The second kappa shape index (κ2) is 6.12. The Morgan fingerprint density at radius 2 is 1.95 bits per heavy atom. The summed E-state index contributed by atoms with van der Waals surface area (Å²) in [6.07, 6.45) is -0.120. The Morgan fingerprint density at radius 3 is 2.71 bits per heavy atom. The molecule has 21 heavy (non-hydrogen) atoms. The lowest BCUT2D eigenvalue weighted by Crippen LogP contribution is -2.46. The Kier molecular flexibility index (Phi) is 4.39. The van der Waals surface area contributed by atoms with E-state index in [0.717, 1.165) is 0 Å². The number of alkyl halides is 1. The van der Waals surface area contributed by atoms with Crippen LogP contribution in [0, 0.1) is 0 Å². The smallest absolute Gasteiger partial charge is 0.243 e. The monoisotopic (exact) mass is 377 g/mol. The number of rotatable bonds is 3. The van der Waals surface area contributed by atoms with Crippen LogP contribution in [0.15, 0.2) is 23.1 Å². The maximum absolute atomic E-state index is 12.7. The van der Waals surface area contributed by atoms with E-state index in [-0.39, 0.29) is 11.0 Å². The highest BCUT2D eigenvalue weighted by molar-refractivity contribution is 9.09. The fourth-order valence-electron chi connectivity index (χ4n) is 2.34. The number of nitrogens with zero attached hydrogens (tertiary/aromatic N) is 1. The van der Waals surface area contributed by atoms with Crippen LogP contribution in [0.2, 0.25) is 0 Å². The van der Waals surface area contributed by atoms with Crippen molar-refractivity contribution in [3.05, 3.63) is 18.2 Å². The lowest BCUT2D eigenvalue weighted by molar-refractivity contribution is 0.0136. The third kappa shape index (κ3) is 3.03. The van der Waals surface area contributed by atoms with E-state index in [4.69, 9.17) is 14.2 Å². The van der Waals surface area contributed by atoms with Crippen LogP contribution >= 0.6 is 15.9 Å².